The van der Waals surface area contributed by atoms with Crippen LogP contribution in [-0.4, -0.2) is 9.41 Å². The van der Waals surface area contributed by atoms with E-state index in [4.69, 9.17) is 17.4 Å². The van der Waals surface area contributed by atoms with Gasteiger partial charge in [0.25, 0.3) is 0 Å². The molecule has 130 valence electrons. The van der Waals surface area contributed by atoms with Crippen molar-refractivity contribution in [2.75, 3.05) is 9.85 Å². The molecular formula is C17H19Cl2FIN3. The average molecular weight is 482 g/mol. The summed E-state index contributed by atoms with van der Waals surface area (Å²) in [5.41, 5.74) is 5.63. The number of halogens is 4. The lowest BCUT2D eigenvalue weighted by Gasteiger charge is -1.96. The highest BCUT2D eigenvalue weighted by atomic mass is 127. The van der Waals surface area contributed by atoms with Crippen LogP contribution in [0.4, 0.5) is 10.1 Å². The van der Waals surface area contributed by atoms with Gasteiger partial charge in [0.2, 0.25) is 0 Å². The number of nitrogens with two attached hydrogens (primary N) is 1. The lowest BCUT2D eigenvalue weighted by Crippen LogP contribution is -2.05. The fourth-order valence-corrected chi connectivity index (χ4v) is 2.72. The molecule has 3 aromatic rings. The maximum absolute atomic E-state index is 12.2. The summed E-state index contributed by atoms with van der Waals surface area (Å²) < 4.78 is 13.4. The van der Waals surface area contributed by atoms with Gasteiger partial charge in [-0.3, -0.25) is 5.84 Å². The van der Waals surface area contributed by atoms with Gasteiger partial charge in [-0.2, -0.15) is 0 Å². The SMILES string of the molecule is Cl.Clc1ccc2c(CCCI)c[nH]c2c1.NNc1ccc(F)cc1. The second-order valence-electron chi connectivity index (χ2n) is 4.95. The first-order valence-electron chi connectivity index (χ1n) is 7.17. The molecule has 0 fully saturated rings. The van der Waals surface area contributed by atoms with Crippen LogP contribution in [0, 0.1) is 5.82 Å². The fourth-order valence-electron chi connectivity index (χ4n) is 2.17. The predicted molar refractivity (Wildman–Crippen MR) is 112 cm³/mol. The molecule has 3 rings (SSSR count). The van der Waals surface area contributed by atoms with Crippen molar-refractivity contribution in [1.82, 2.24) is 4.98 Å². The van der Waals surface area contributed by atoms with Crippen molar-refractivity contribution >= 4 is 63.2 Å². The molecule has 0 spiro atoms. The zero-order chi connectivity index (χ0) is 16.7. The van der Waals surface area contributed by atoms with Crippen molar-refractivity contribution in [3.63, 3.8) is 0 Å². The Kier molecular flexibility index (Phi) is 9.43. The fraction of sp³-hybridized carbons (Fsp3) is 0.176. The Morgan fingerprint density at radius 2 is 1.88 bits per heavy atom. The van der Waals surface area contributed by atoms with E-state index in [2.05, 4.69) is 45.3 Å². The number of hydrogen-bond acceptors (Lipinski definition) is 2. The molecule has 0 atom stereocenters. The summed E-state index contributed by atoms with van der Waals surface area (Å²) in [6.45, 7) is 0. The van der Waals surface area contributed by atoms with Crippen LogP contribution in [0.3, 0.4) is 0 Å². The van der Waals surface area contributed by atoms with Gasteiger partial charge in [0.05, 0.1) is 0 Å². The largest absolute Gasteiger partial charge is 0.361 e. The third-order valence-corrected chi connectivity index (χ3v) is 4.32. The number of nitrogen functional groups attached to an aromatic ring is 1. The highest BCUT2D eigenvalue weighted by Gasteiger charge is 2.03. The lowest BCUT2D eigenvalue weighted by molar-refractivity contribution is 0.628. The maximum atomic E-state index is 12.2. The molecule has 7 heteroatoms. The number of alkyl halides is 1. The number of hydrogen-bond donors (Lipinski definition) is 3. The number of fused-ring (bicyclic) bond motifs is 1. The van der Waals surface area contributed by atoms with Crippen LogP contribution in [0.25, 0.3) is 10.9 Å². The normalized spacial score (nSPS) is 9.83. The van der Waals surface area contributed by atoms with Gasteiger partial charge in [-0.15, -0.1) is 12.4 Å². The first-order valence-corrected chi connectivity index (χ1v) is 9.08. The standard InChI is InChI=1S/C11H11ClIN.C6H7FN2.ClH/c12-9-3-4-10-8(2-1-5-13)7-14-11(10)6-9;7-5-1-3-6(9-8)4-2-5;/h3-4,6-7,14H,1-2,5H2;1-4,9H,8H2;1H. The van der Waals surface area contributed by atoms with E-state index in [1.165, 1.54) is 33.9 Å². The Balaban J connectivity index is 0.000000252. The Morgan fingerprint density at radius 1 is 1.17 bits per heavy atom. The highest BCUT2D eigenvalue weighted by molar-refractivity contribution is 14.1. The van der Waals surface area contributed by atoms with Crippen molar-refractivity contribution in [3.8, 4) is 0 Å². The minimum Gasteiger partial charge on any atom is -0.361 e. The molecule has 0 aliphatic heterocycles. The van der Waals surface area contributed by atoms with Crippen molar-refractivity contribution in [1.29, 1.82) is 0 Å². The summed E-state index contributed by atoms with van der Waals surface area (Å²) in [7, 11) is 0. The van der Waals surface area contributed by atoms with Crippen LogP contribution in [-0.2, 0) is 6.42 Å². The van der Waals surface area contributed by atoms with Gasteiger partial charge in [0.15, 0.2) is 0 Å². The summed E-state index contributed by atoms with van der Waals surface area (Å²) in [6.07, 6.45) is 4.47. The van der Waals surface area contributed by atoms with Crippen LogP contribution in [0.2, 0.25) is 5.02 Å². The number of nitrogens with one attached hydrogen (secondary N) is 2. The van der Waals surface area contributed by atoms with Gasteiger partial charge in [-0.1, -0.05) is 40.3 Å². The molecule has 0 amide bonds. The van der Waals surface area contributed by atoms with Crippen LogP contribution in [0.15, 0.2) is 48.7 Å². The molecule has 1 heterocycles. The number of anilines is 1. The van der Waals surface area contributed by atoms with E-state index in [0.717, 1.165) is 17.0 Å². The van der Waals surface area contributed by atoms with E-state index in [-0.39, 0.29) is 18.2 Å². The number of hydrazine groups is 1. The van der Waals surface area contributed by atoms with E-state index in [1.807, 2.05) is 12.1 Å². The minimum absolute atomic E-state index is 0. The molecule has 0 unspecified atom stereocenters. The van der Waals surface area contributed by atoms with E-state index in [0.29, 0.717) is 5.69 Å². The molecule has 0 bridgehead atoms. The van der Waals surface area contributed by atoms with Gasteiger partial charge in [-0.25, -0.2) is 4.39 Å². The van der Waals surface area contributed by atoms with Gasteiger partial charge >= 0.3 is 0 Å². The number of aromatic amines is 1. The van der Waals surface area contributed by atoms with Crippen LogP contribution < -0.4 is 11.3 Å². The molecule has 0 saturated heterocycles. The monoisotopic (exact) mass is 481 g/mol. The summed E-state index contributed by atoms with van der Waals surface area (Å²) in [6, 6.07) is 11.8. The number of rotatable bonds is 4. The van der Waals surface area contributed by atoms with Crippen LogP contribution in [0.1, 0.15) is 12.0 Å². The molecule has 0 aliphatic carbocycles. The molecule has 1 aromatic heterocycles. The zero-order valence-corrected chi connectivity index (χ0v) is 16.6. The highest BCUT2D eigenvalue weighted by Crippen LogP contribution is 2.23. The summed E-state index contributed by atoms with van der Waals surface area (Å²) >= 11 is 8.32. The van der Waals surface area contributed by atoms with E-state index < -0.39 is 0 Å². The maximum Gasteiger partial charge on any atom is 0.123 e. The first-order chi connectivity index (χ1) is 11.1. The van der Waals surface area contributed by atoms with Gasteiger partial charge in [0.1, 0.15) is 5.82 Å². The molecular weight excluding hydrogens is 463 g/mol. The van der Waals surface area contributed by atoms with Gasteiger partial charge < -0.3 is 10.4 Å². The van der Waals surface area contributed by atoms with Crippen molar-refractivity contribution in [2.24, 2.45) is 5.84 Å². The quantitative estimate of drug-likeness (QED) is 0.193. The van der Waals surface area contributed by atoms with E-state index >= 15 is 0 Å². The number of aryl methyl sites for hydroxylation is 1. The Hall–Kier alpha value is -1.02. The van der Waals surface area contributed by atoms with Crippen molar-refractivity contribution in [3.05, 3.63) is 65.1 Å². The third-order valence-electron chi connectivity index (χ3n) is 3.32. The Bertz CT molecular complexity index is 747. The molecule has 3 nitrogen and oxygen atoms in total. The molecule has 0 radical (unpaired) electrons. The summed E-state index contributed by atoms with van der Waals surface area (Å²) in [5.74, 6) is 4.77. The number of H-pyrrole nitrogens is 1. The summed E-state index contributed by atoms with van der Waals surface area (Å²) in [5, 5.41) is 2.10. The Morgan fingerprint density at radius 3 is 2.50 bits per heavy atom. The molecule has 0 saturated carbocycles. The smallest absolute Gasteiger partial charge is 0.123 e. The van der Waals surface area contributed by atoms with Crippen molar-refractivity contribution < 1.29 is 4.39 Å². The lowest BCUT2D eigenvalue weighted by atomic mass is 10.1. The first kappa shape index (κ1) is 21.0. The van der Waals surface area contributed by atoms with Crippen LogP contribution >= 0.6 is 46.6 Å². The molecule has 0 aliphatic rings. The molecule has 4 N–H and O–H groups in total. The van der Waals surface area contributed by atoms with E-state index in [9.17, 15) is 4.39 Å². The summed E-state index contributed by atoms with van der Waals surface area (Å²) in [4.78, 5) is 3.25. The zero-order valence-electron chi connectivity index (χ0n) is 12.9. The average Bonchev–Trinajstić information content (AvgIpc) is 2.96. The second-order valence-corrected chi connectivity index (χ2v) is 6.46. The molecule has 24 heavy (non-hydrogen) atoms. The van der Waals surface area contributed by atoms with Crippen molar-refractivity contribution in [2.45, 2.75) is 12.8 Å². The topological polar surface area (TPSA) is 53.8 Å². The van der Waals surface area contributed by atoms with Crippen LogP contribution in [0.5, 0.6) is 0 Å². The van der Waals surface area contributed by atoms with E-state index in [1.54, 1.807) is 12.1 Å². The minimum atomic E-state index is -0.256. The van der Waals surface area contributed by atoms with Gasteiger partial charge in [-0.05, 0) is 59.2 Å². The second kappa shape index (κ2) is 10.8. The Labute approximate surface area is 165 Å². The number of aromatic nitrogens is 1. The number of benzene rings is 2. The molecule has 2 aromatic carbocycles. The van der Waals surface area contributed by atoms with Gasteiger partial charge in [0, 0.05) is 27.8 Å². The third kappa shape index (κ3) is 6.12. The predicted octanol–water partition coefficient (Wildman–Crippen LogP) is 5.72.